The summed E-state index contributed by atoms with van der Waals surface area (Å²) in [6.45, 7) is 10.2. The van der Waals surface area contributed by atoms with E-state index in [4.69, 9.17) is 0 Å². The molecule has 0 radical (unpaired) electrons. The highest BCUT2D eigenvalue weighted by Crippen LogP contribution is 2.30. The van der Waals surface area contributed by atoms with Crippen molar-refractivity contribution in [3.8, 4) is 0 Å². The first kappa shape index (κ1) is 20.3. The third-order valence-corrected chi connectivity index (χ3v) is 5.78. The molecule has 0 saturated carbocycles. The van der Waals surface area contributed by atoms with Crippen molar-refractivity contribution in [1.29, 1.82) is 0 Å². The molecular weight excluding hydrogens is 379 g/mol. The minimum atomic E-state index is -0.451. The average Bonchev–Trinajstić information content (AvgIpc) is 3.25. The van der Waals surface area contributed by atoms with E-state index >= 15 is 0 Å². The summed E-state index contributed by atoms with van der Waals surface area (Å²) in [5.74, 6) is 0.325. The van der Waals surface area contributed by atoms with Gasteiger partial charge < -0.3 is 14.8 Å². The number of aromatic nitrogens is 4. The predicted octanol–water partition coefficient (Wildman–Crippen LogP) is 5.00. The smallest absolute Gasteiger partial charge is 0.227 e. The van der Waals surface area contributed by atoms with Crippen molar-refractivity contribution in [3.05, 3.63) is 60.1 Å². The molecule has 3 aromatic rings. The van der Waals surface area contributed by atoms with Gasteiger partial charge in [-0.25, -0.2) is 14.4 Å². The Morgan fingerprint density at radius 3 is 2.60 bits per heavy atom. The van der Waals surface area contributed by atoms with Gasteiger partial charge in [-0.3, -0.25) is 0 Å². The molecule has 6 nitrogen and oxygen atoms in total. The Morgan fingerprint density at radius 2 is 1.93 bits per heavy atom. The van der Waals surface area contributed by atoms with Crippen molar-refractivity contribution < 1.29 is 4.39 Å². The van der Waals surface area contributed by atoms with E-state index in [-0.39, 0.29) is 11.2 Å². The molecule has 0 atom stereocenters. The maximum Gasteiger partial charge on any atom is 0.227 e. The van der Waals surface area contributed by atoms with Crippen LogP contribution in [-0.4, -0.2) is 32.6 Å². The van der Waals surface area contributed by atoms with E-state index in [0.717, 1.165) is 37.2 Å². The normalized spacial score (nSPS) is 15.4. The molecule has 3 heterocycles. The highest BCUT2D eigenvalue weighted by atomic mass is 19.1. The second-order valence-corrected chi connectivity index (χ2v) is 9.00. The van der Waals surface area contributed by atoms with Crippen LogP contribution < -0.4 is 10.2 Å². The number of hydrogen-bond acceptors (Lipinski definition) is 5. The first-order chi connectivity index (χ1) is 14.3. The van der Waals surface area contributed by atoms with Gasteiger partial charge >= 0.3 is 0 Å². The SMILES string of the molecule is Cc1ccc(C(C)(C)C)cc1Nc1nc(N2CCC(n3ccnc3)CC2)ncc1F. The molecule has 1 aliphatic rings. The van der Waals surface area contributed by atoms with E-state index < -0.39 is 5.82 Å². The maximum absolute atomic E-state index is 14.5. The van der Waals surface area contributed by atoms with Crippen molar-refractivity contribution in [3.63, 3.8) is 0 Å². The molecule has 158 valence electrons. The van der Waals surface area contributed by atoms with Crippen LogP contribution in [0.4, 0.5) is 21.8 Å². The molecule has 0 spiro atoms. The summed E-state index contributed by atoms with van der Waals surface area (Å²) in [6.07, 6.45) is 8.90. The first-order valence-electron chi connectivity index (χ1n) is 10.4. The molecule has 1 aliphatic heterocycles. The standard InChI is InChI=1S/C23H29FN6/c1-16-5-6-17(23(2,3)4)13-20(16)27-21-19(24)14-26-22(28-21)29-10-7-18(8-11-29)30-12-9-25-15-30/h5-6,9,12-15,18H,7-8,10-11H2,1-4H3,(H,26,27,28). The molecule has 0 amide bonds. The zero-order valence-electron chi connectivity index (χ0n) is 18.1. The van der Waals surface area contributed by atoms with Gasteiger partial charge in [-0.1, -0.05) is 32.9 Å². The van der Waals surface area contributed by atoms with E-state index in [1.807, 2.05) is 25.6 Å². The van der Waals surface area contributed by atoms with Crippen molar-refractivity contribution in [1.82, 2.24) is 19.5 Å². The molecule has 1 aromatic carbocycles. The number of hydrogen-bond donors (Lipinski definition) is 1. The minimum absolute atomic E-state index is 0.0130. The summed E-state index contributed by atoms with van der Waals surface area (Å²) in [4.78, 5) is 15.0. The van der Waals surface area contributed by atoms with E-state index in [2.05, 4.69) is 68.7 Å². The average molecular weight is 409 g/mol. The number of piperidine rings is 1. The van der Waals surface area contributed by atoms with E-state index in [9.17, 15) is 4.39 Å². The fourth-order valence-electron chi connectivity index (χ4n) is 3.80. The second kappa shape index (κ2) is 8.05. The highest BCUT2D eigenvalue weighted by Gasteiger charge is 2.23. The van der Waals surface area contributed by atoms with Gasteiger partial charge in [-0.05, 0) is 42.4 Å². The Kier molecular flexibility index (Phi) is 5.45. The fraction of sp³-hybridized carbons (Fsp3) is 0.435. The molecule has 1 saturated heterocycles. The zero-order chi connectivity index (χ0) is 21.3. The van der Waals surface area contributed by atoms with E-state index in [1.165, 1.54) is 11.8 Å². The third kappa shape index (κ3) is 4.30. The van der Waals surface area contributed by atoms with Crippen LogP contribution in [0.25, 0.3) is 0 Å². The van der Waals surface area contributed by atoms with Crippen molar-refractivity contribution in [2.75, 3.05) is 23.3 Å². The molecular formula is C23H29FN6. The van der Waals surface area contributed by atoms with E-state index in [0.29, 0.717) is 12.0 Å². The molecule has 0 aliphatic carbocycles. The van der Waals surface area contributed by atoms with Crippen LogP contribution in [0.5, 0.6) is 0 Å². The van der Waals surface area contributed by atoms with Gasteiger partial charge in [0.15, 0.2) is 11.6 Å². The van der Waals surface area contributed by atoms with Gasteiger partial charge in [-0.2, -0.15) is 4.98 Å². The van der Waals surface area contributed by atoms with Gasteiger partial charge in [0.05, 0.1) is 12.5 Å². The maximum atomic E-state index is 14.5. The van der Waals surface area contributed by atoms with Gasteiger partial charge in [0.1, 0.15) is 0 Å². The summed E-state index contributed by atoms with van der Waals surface area (Å²) >= 11 is 0. The Hall–Kier alpha value is -2.96. The topological polar surface area (TPSA) is 58.9 Å². The Labute approximate surface area is 177 Å². The lowest BCUT2D eigenvalue weighted by Crippen LogP contribution is -2.35. The van der Waals surface area contributed by atoms with Crippen LogP contribution in [0.15, 0.2) is 43.1 Å². The monoisotopic (exact) mass is 408 g/mol. The van der Waals surface area contributed by atoms with Crippen molar-refractivity contribution in [2.45, 2.75) is 52.0 Å². The Morgan fingerprint density at radius 1 is 1.17 bits per heavy atom. The lowest BCUT2D eigenvalue weighted by molar-refractivity contribution is 0.393. The largest absolute Gasteiger partial charge is 0.341 e. The number of nitrogens with one attached hydrogen (secondary N) is 1. The van der Waals surface area contributed by atoms with Gasteiger partial charge in [-0.15, -0.1) is 0 Å². The van der Waals surface area contributed by atoms with Crippen molar-refractivity contribution in [2.24, 2.45) is 0 Å². The quantitative estimate of drug-likeness (QED) is 0.658. The minimum Gasteiger partial charge on any atom is -0.341 e. The number of benzene rings is 1. The second-order valence-electron chi connectivity index (χ2n) is 9.00. The molecule has 1 N–H and O–H groups in total. The summed E-state index contributed by atoms with van der Waals surface area (Å²) < 4.78 is 16.7. The van der Waals surface area contributed by atoms with Gasteiger partial charge in [0, 0.05) is 37.2 Å². The van der Waals surface area contributed by atoms with Crippen LogP contribution in [0.2, 0.25) is 0 Å². The van der Waals surface area contributed by atoms with Crippen LogP contribution in [0, 0.1) is 12.7 Å². The Bertz CT molecular complexity index is 1000. The number of halogens is 1. The van der Waals surface area contributed by atoms with Crippen LogP contribution in [0.3, 0.4) is 0 Å². The first-order valence-corrected chi connectivity index (χ1v) is 10.4. The molecule has 4 rings (SSSR count). The van der Waals surface area contributed by atoms with E-state index in [1.54, 1.807) is 0 Å². The lowest BCUT2D eigenvalue weighted by atomic mass is 9.86. The third-order valence-electron chi connectivity index (χ3n) is 5.78. The predicted molar refractivity (Wildman–Crippen MR) is 118 cm³/mol. The lowest BCUT2D eigenvalue weighted by Gasteiger charge is -2.32. The zero-order valence-corrected chi connectivity index (χ0v) is 18.1. The number of imidazole rings is 1. The highest BCUT2D eigenvalue weighted by molar-refractivity contribution is 5.63. The van der Waals surface area contributed by atoms with Gasteiger partial charge in [0.25, 0.3) is 0 Å². The molecule has 1 fully saturated rings. The molecule has 0 bridgehead atoms. The number of anilines is 3. The molecule has 0 unspecified atom stereocenters. The fourth-order valence-corrected chi connectivity index (χ4v) is 3.80. The number of rotatable bonds is 4. The molecule has 30 heavy (non-hydrogen) atoms. The Balaban J connectivity index is 1.52. The molecule has 7 heteroatoms. The van der Waals surface area contributed by atoms with Crippen LogP contribution >= 0.6 is 0 Å². The summed E-state index contributed by atoms with van der Waals surface area (Å²) in [6, 6.07) is 6.69. The summed E-state index contributed by atoms with van der Waals surface area (Å²) in [5.41, 5.74) is 3.11. The number of nitrogens with zero attached hydrogens (tertiary/aromatic N) is 5. The van der Waals surface area contributed by atoms with Crippen LogP contribution in [-0.2, 0) is 5.41 Å². The van der Waals surface area contributed by atoms with Gasteiger partial charge in [0.2, 0.25) is 5.95 Å². The number of aryl methyl sites for hydroxylation is 1. The van der Waals surface area contributed by atoms with Crippen molar-refractivity contribution >= 4 is 17.5 Å². The summed E-state index contributed by atoms with van der Waals surface area (Å²) in [7, 11) is 0. The van der Waals surface area contributed by atoms with Crippen LogP contribution in [0.1, 0.15) is 50.8 Å². The molecule has 2 aromatic heterocycles. The summed E-state index contributed by atoms with van der Waals surface area (Å²) in [5, 5.41) is 3.20.